The fourth-order valence-corrected chi connectivity index (χ4v) is 3.05. The molecule has 2 aromatic heterocycles. The van der Waals surface area contributed by atoms with Crippen molar-refractivity contribution in [2.45, 2.75) is 38.6 Å². The molecular weight excluding hydrogens is 306 g/mol. The highest BCUT2D eigenvalue weighted by Gasteiger charge is 2.23. The third-order valence-corrected chi connectivity index (χ3v) is 4.39. The predicted molar refractivity (Wildman–Crippen MR) is 89.1 cm³/mol. The van der Waals surface area contributed by atoms with E-state index in [-0.39, 0.29) is 5.91 Å². The quantitative estimate of drug-likeness (QED) is 0.832. The molecule has 1 atom stereocenters. The van der Waals surface area contributed by atoms with E-state index in [9.17, 15) is 4.79 Å². The second-order valence-corrected chi connectivity index (χ2v) is 5.98. The first kappa shape index (κ1) is 16.6. The average Bonchev–Trinajstić information content (AvgIpc) is 3.28. The number of carbonyl (C=O) groups is 1. The first-order valence-corrected chi connectivity index (χ1v) is 8.50. The minimum Gasteiger partial charge on any atom is -0.355 e. The molecule has 2 aromatic rings. The molecule has 1 amide bonds. The zero-order valence-corrected chi connectivity index (χ0v) is 13.9. The lowest BCUT2D eigenvalue weighted by atomic mass is 10.2. The fraction of sp³-hybridized carbons (Fsp3) is 0.529. The van der Waals surface area contributed by atoms with E-state index in [0.717, 1.165) is 31.6 Å². The maximum Gasteiger partial charge on any atom is 0.227 e. The third-order valence-electron chi connectivity index (χ3n) is 4.39. The number of likely N-dealkylation sites (N-methyl/N-ethyl adjacent to an activating group) is 1. The summed E-state index contributed by atoms with van der Waals surface area (Å²) in [5.74, 6) is 1.00. The molecule has 0 saturated carbocycles. The van der Waals surface area contributed by atoms with Gasteiger partial charge >= 0.3 is 0 Å². The van der Waals surface area contributed by atoms with Gasteiger partial charge in [-0.1, -0.05) is 12.1 Å². The number of likely N-dealkylation sites (tertiary alicyclic amines) is 1. The van der Waals surface area contributed by atoms with Gasteiger partial charge in [-0.15, -0.1) is 0 Å². The number of rotatable bonds is 7. The summed E-state index contributed by atoms with van der Waals surface area (Å²) in [6.45, 7) is 5.06. The lowest BCUT2D eigenvalue weighted by molar-refractivity contribution is -0.121. The van der Waals surface area contributed by atoms with Crippen LogP contribution in [0, 0.1) is 0 Å². The van der Waals surface area contributed by atoms with Gasteiger partial charge in [0.15, 0.2) is 0 Å². The van der Waals surface area contributed by atoms with E-state index in [1.54, 1.807) is 12.4 Å². The maximum absolute atomic E-state index is 12.0. The van der Waals surface area contributed by atoms with Crippen LogP contribution in [0.1, 0.15) is 32.1 Å². The van der Waals surface area contributed by atoms with Crippen LogP contribution in [-0.2, 0) is 11.2 Å². The Hall–Kier alpha value is -2.28. The van der Waals surface area contributed by atoms with Crippen LogP contribution in [0.15, 0.2) is 29.0 Å². The monoisotopic (exact) mass is 329 g/mol. The minimum absolute atomic E-state index is 0.0269. The number of aromatic nitrogens is 3. The average molecular weight is 329 g/mol. The fourth-order valence-electron chi connectivity index (χ4n) is 3.05. The number of hydrogen-bond donors (Lipinski definition) is 1. The highest BCUT2D eigenvalue weighted by Crippen LogP contribution is 2.16. The van der Waals surface area contributed by atoms with Gasteiger partial charge in [-0.05, 0) is 38.1 Å². The lowest BCUT2D eigenvalue weighted by Gasteiger charge is -2.22. The van der Waals surface area contributed by atoms with E-state index in [1.807, 2.05) is 12.1 Å². The number of nitrogens with one attached hydrogen (secondary N) is 1. The van der Waals surface area contributed by atoms with Crippen molar-refractivity contribution in [1.29, 1.82) is 0 Å². The van der Waals surface area contributed by atoms with E-state index in [0.29, 0.717) is 30.6 Å². The van der Waals surface area contributed by atoms with Gasteiger partial charge in [-0.2, -0.15) is 4.98 Å². The predicted octanol–water partition coefficient (Wildman–Crippen LogP) is 1.66. The Morgan fingerprint density at radius 1 is 1.50 bits per heavy atom. The number of aryl methyl sites for hydroxylation is 1. The van der Waals surface area contributed by atoms with Crippen molar-refractivity contribution in [3.05, 3.63) is 30.4 Å². The Morgan fingerprint density at radius 2 is 2.42 bits per heavy atom. The molecule has 1 unspecified atom stereocenters. The summed E-state index contributed by atoms with van der Waals surface area (Å²) in [4.78, 5) is 22.8. The molecule has 1 aliphatic rings. The van der Waals surface area contributed by atoms with Crippen LogP contribution in [0.3, 0.4) is 0 Å². The number of hydrogen-bond acceptors (Lipinski definition) is 6. The van der Waals surface area contributed by atoms with Crippen LogP contribution < -0.4 is 5.32 Å². The van der Waals surface area contributed by atoms with Crippen LogP contribution in [0.5, 0.6) is 0 Å². The smallest absolute Gasteiger partial charge is 0.227 e. The van der Waals surface area contributed by atoms with Crippen molar-refractivity contribution < 1.29 is 9.32 Å². The summed E-state index contributed by atoms with van der Waals surface area (Å²) in [7, 11) is 0. The van der Waals surface area contributed by atoms with Crippen molar-refractivity contribution in [1.82, 2.24) is 25.3 Å². The second kappa shape index (κ2) is 8.01. The summed E-state index contributed by atoms with van der Waals surface area (Å²) in [5, 5.41) is 6.95. The van der Waals surface area contributed by atoms with Crippen molar-refractivity contribution in [2.75, 3.05) is 19.6 Å². The molecule has 1 N–H and O–H groups in total. The summed E-state index contributed by atoms with van der Waals surface area (Å²) in [6.07, 6.45) is 6.55. The van der Waals surface area contributed by atoms with Gasteiger partial charge in [0.2, 0.25) is 17.6 Å². The Bertz CT molecular complexity index is 658. The molecule has 1 saturated heterocycles. The van der Waals surface area contributed by atoms with Gasteiger partial charge in [-0.3, -0.25) is 14.7 Å². The van der Waals surface area contributed by atoms with E-state index in [4.69, 9.17) is 4.52 Å². The first-order chi connectivity index (χ1) is 11.8. The van der Waals surface area contributed by atoms with Gasteiger partial charge < -0.3 is 9.84 Å². The first-order valence-electron chi connectivity index (χ1n) is 8.50. The van der Waals surface area contributed by atoms with Crippen LogP contribution in [0.25, 0.3) is 11.4 Å². The molecule has 3 heterocycles. The van der Waals surface area contributed by atoms with Crippen molar-refractivity contribution in [2.24, 2.45) is 0 Å². The molecule has 0 spiro atoms. The van der Waals surface area contributed by atoms with E-state index in [2.05, 4.69) is 32.3 Å². The van der Waals surface area contributed by atoms with Crippen LogP contribution in [0.4, 0.5) is 0 Å². The van der Waals surface area contributed by atoms with Crippen molar-refractivity contribution >= 4 is 5.91 Å². The molecular formula is C17H23N5O2. The second-order valence-electron chi connectivity index (χ2n) is 5.98. The molecule has 128 valence electrons. The Morgan fingerprint density at radius 3 is 3.21 bits per heavy atom. The topological polar surface area (TPSA) is 84.2 Å². The highest BCUT2D eigenvalue weighted by molar-refractivity contribution is 5.76. The highest BCUT2D eigenvalue weighted by atomic mass is 16.5. The Labute approximate surface area is 141 Å². The van der Waals surface area contributed by atoms with E-state index in [1.165, 1.54) is 6.42 Å². The molecule has 24 heavy (non-hydrogen) atoms. The molecule has 0 aliphatic carbocycles. The molecule has 7 heteroatoms. The van der Waals surface area contributed by atoms with Crippen LogP contribution in [0.2, 0.25) is 0 Å². The molecule has 1 aliphatic heterocycles. The molecule has 0 bridgehead atoms. The van der Waals surface area contributed by atoms with Gasteiger partial charge in [0.25, 0.3) is 0 Å². The zero-order chi connectivity index (χ0) is 16.8. The lowest BCUT2D eigenvalue weighted by Crippen LogP contribution is -2.40. The van der Waals surface area contributed by atoms with Gasteiger partial charge in [0, 0.05) is 43.4 Å². The Balaban J connectivity index is 1.44. The molecule has 0 aromatic carbocycles. The van der Waals surface area contributed by atoms with E-state index < -0.39 is 0 Å². The maximum atomic E-state index is 12.0. The van der Waals surface area contributed by atoms with Crippen LogP contribution >= 0.6 is 0 Å². The summed E-state index contributed by atoms with van der Waals surface area (Å²) < 4.78 is 5.20. The minimum atomic E-state index is 0.0269. The normalized spacial score (nSPS) is 18.0. The summed E-state index contributed by atoms with van der Waals surface area (Å²) >= 11 is 0. The van der Waals surface area contributed by atoms with E-state index >= 15 is 0 Å². The number of carbonyl (C=O) groups excluding carboxylic acids is 1. The SMILES string of the molecule is CCN1CCCC1CNC(=O)CCc1nc(-c2cccnc2)no1. The van der Waals surface area contributed by atoms with Crippen LogP contribution in [-0.4, -0.2) is 51.6 Å². The van der Waals surface area contributed by atoms with Crippen molar-refractivity contribution in [3.63, 3.8) is 0 Å². The largest absolute Gasteiger partial charge is 0.355 e. The summed E-state index contributed by atoms with van der Waals surface area (Å²) in [6, 6.07) is 4.16. The van der Waals surface area contributed by atoms with Gasteiger partial charge in [-0.25, -0.2) is 0 Å². The van der Waals surface area contributed by atoms with Crippen molar-refractivity contribution in [3.8, 4) is 11.4 Å². The molecule has 7 nitrogen and oxygen atoms in total. The zero-order valence-electron chi connectivity index (χ0n) is 13.9. The van der Waals surface area contributed by atoms with Gasteiger partial charge in [0.1, 0.15) is 0 Å². The number of amides is 1. The third kappa shape index (κ3) is 4.17. The molecule has 3 rings (SSSR count). The summed E-state index contributed by atoms with van der Waals surface area (Å²) in [5.41, 5.74) is 0.804. The molecule has 0 radical (unpaired) electrons. The van der Waals surface area contributed by atoms with Gasteiger partial charge in [0.05, 0.1) is 0 Å². The Kier molecular flexibility index (Phi) is 5.53. The standard InChI is InChI=1S/C17H23N5O2/c1-2-22-10-4-6-14(22)12-19-15(23)7-8-16-20-17(21-24-16)13-5-3-9-18-11-13/h3,5,9,11,14H,2,4,6-8,10,12H2,1H3,(H,19,23). The number of nitrogens with zero attached hydrogens (tertiary/aromatic N) is 4. The molecule has 1 fully saturated rings. The number of pyridine rings is 1.